The molecule has 1 heterocycles. The van der Waals surface area contributed by atoms with Crippen molar-refractivity contribution in [2.45, 2.75) is 18.8 Å². The van der Waals surface area contributed by atoms with E-state index in [2.05, 4.69) is 10.3 Å². The van der Waals surface area contributed by atoms with E-state index in [-0.39, 0.29) is 6.61 Å². The van der Waals surface area contributed by atoms with Gasteiger partial charge in [0.05, 0.1) is 18.4 Å². The summed E-state index contributed by atoms with van der Waals surface area (Å²) in [5.41, 5.74) is 2.05. The molecule has 90 valence electrons. The minimum absolute atomic E-state index is 0.183. The van der Waals surface area contributed by atoms with Crippen molar-refractivity contribution in [1.82, 2.24) is 4.98 Å². The number of nitrogens with zero attached hydrogens (tertiary/aromatic N) is 1. The molecule has 5 heteroatoms. The van der Waals surface area contributed by atoms with E-state index in [1.54, 1.807) is 18.0 Å². The van der Waals surface area contributed by atoms with Crippen LogP contribution in [0.5, 0.6) is 0 Å². The first-order chi connectivity index (χ1) is 7.76. The van der Waals surface area contributed by atoms with Gasteiger partial charge in [-0.25, -0.2) is 0 Å². The van der Waals surface area contributed by atoms with Crippen molar-refractivity contribution in [2.24, 2.45) is 0 Å². The Morgan fingerprint density at radius 2 is 2.38 bits per heavy atom. The molecule has 1 aromatic heterocycles. The zero-order valence-corrected chi connectivity index (χ0v) is 10.2. The molecule has 16 heavy (non-hydrogen) atoms. The van der Waals surface area contributed by atoms with Crippen molar-refractivity contribution in [1.29, 1.82) is 0 Å². The monoisotopic (exact) mass is 242 g/mol. The zero-order valence-electron chi connectivity index (χ0n) is 9.39. The molecule has 1 aromatic rings. The van der Waals surface area contributed by atoms with Gasteiger partial charge in [0.25, 0.3) is 0 Å². The predicted octanol–water partition coefficient (Wildman–Crippen LogP) is 1.10. The molecule has 0 aliphatic carbocycles. The first-order valence-electron chi connectivity index (χ1n) is 5.31. The summed E-state index contributed by atoms with van der Waals surface area (Å²) in [6.45, 7) is 2.75. The van der Waals surface area contributed by atoms with Crippen LogP contribution in [0.3, 0.4) is 0 Å². The van der Waals surface area contributed by atoms with Gasteiger partial charge in [-0.15, -0.1) is 0 Å². The maximum Gasteiger partial charge on any atom is 0.0861 e. The second-order valence-electron chi connectivity index (χ2n) is 3.42. The summed E-state index contributed by atoms with van der Waals surface area (Å²) in [5.74, 6) is 1.28. The van der Waals surface area contributed by atoms with Crippen LogP contribution in [0.4, 0.5) is 5.69 Å². The number of anilines is 1. The van der Waals surface area contributed by atoms with Crippen LogP contribution in [-0.2, 0) is 5.75 Å². The van der Waals surface area contributed by atoms with Crippen LogP contribution in [0.2, 0.25) is 0 Å². The van der Waals surface area contributed by atoms with Crippen molar-refractivity contribution < 1.29 is 10.2 Å². The largest absolute Gasteiger partial charge is 0.394 e. The Morgan fingerprint density at radius 1 is 1.56 bits per heavy atom. The van der Waals surface area contributed by atoms with Gasteiger partial charge >= 0.3 is 0 Å². The van der Waals surface area contributed by atoms with E-state index < -0.39 is 6.10 Å². The third-order valence-corrected chi connectivity index (χ3v) is 3.09. The summed E-state index contributed by atoms with van der Waals surface area (Å²) >= 11 is 1.57. The predicted molar refractivity (Wildman–Crippen MR) is 67.7 cm³/mol. The molecule has 4 nitrogen and oxygen atoms in total. The van der Waals surface area contributed by atoms with Gasteiger partial charge in [-0.2, -0.15) is 11.8 Å². The van der Waals surface area contributed by atoms with Gasteiger partial charge in [0.1, 0.15) is 0 Å². The summed E-state index contributed by atoms with van der Waals surface area (Å²) in [7, 11) is 0. The van der Waals surface area contributed by atoms with Gasteiger partial charge in [-0.05, 0) is 19.1 Å². The van der Waals surface area contributed by atoms with Gasteiger partial charge in [0.2, 0.25) is 0 Å². The molecular formula is C11H18N2O2S. The number of aromatic nitrogens is 1. The number of pyridine rings is 1. The first kappa shape index (κ1) is 13.3. The topological polar surface area (TPSA) is 65.4 Å². The SMILES string of the molecule is CCNc1ccnc(CSCC(O)CO)c1. The third-order valence-electron chi connectivity index (χ3n) is 1.97. The molecule has 0 aliphatic rings. The molecule has 1 atom stereocenters. The molecule has 0 aromatic carbocycles. The van der Waals surface area contributed by atoms with Crippen molar-refractivity contribution in [3.63, 3.8) is 0 Å². The molecule has 0 saturated carbocycles. The quantitative estimate of drug-likeness (QED) is 0.668. The van der Waals surface area contributed by atoms with Crippen LogP contribution < -0.4 is 5.32 Å². The van der Waals surface area contributed by atoms with Crippen molar-refractivity contribution in [3.05, 3.63) is 24.0 Å². The van der Waals surface area contributed by atoms with E-state index in [0.717, 1.165) is 23.7 Å². The normalized spacial score (nSPS) is 12.4. The maximum atomic E-state index is 9.17. The summed E-state index contributed by atoms with van der Waals surface area (Å²) < 4.78 is 0. The fourth-order valence-corrected chi connectivity index (χ4v) is 2.09. The molecule has 0 fully saturated rings. The lowest BCUT2D eigenvalue weighted by molar-refractivity contribution is 0.113. The Bertz CT molecular complexity index is 310. The van der Waals surface area contributed by atoms with Gasteiger partial charge < -0.3 is 15.5 Å². The molecular weight excluding hydrogens is 224 g/mol. The highest BCUT2D eigenvalue weighted by atomic mass is 32.2. The number of thioether (sulfide) groups is 1. The van der Waals surface area contributed by atoms with E-state index in [1.807, 2.05) is 19.1 Å². The lowest BCUT2D eigenvalue weighted by atomic mass is 10.3. The first-order valence-corrected chi connectivity index (χ1v) is 6.47. The highest BCUT2D eigenvalue weighted by molar-refractivity contribution is 7.98. The standard InChI is InChI=1S/C11H18N2O2S/c1-2-12-9-3-4-13-10(5-9)7-16-8-11(15)6-14/h3-5,11,14-15H,2,6-8H2,1H3,(H,12,13). The van der Waals surface area contributed by atoms with Crippen LogP contribution >= 0.6 is 11.8 Å². The smallest absolute Gasteiger partial charge is 0.0861 e. The maximum absolute atomic E-state index is 9.17. The second-order valence-corrected chi connectivity index (χ2v) is 4.45. The fourth-order valence-electron chi connectivity index (χ4n) is 1.22. The number of hydrogen-bond acceptors (Lipinski definition) is 5. The molecule has 0 radical (unpaired) electrons. The minimum Gasteiger partial charge on any atom is -0.394 e. The molecule has 0 spiro atoms. The van der Waals surface area contributed by atoms with E-state index in [9.17, 15) is 5.11 Å². The Labute approximate surface area is 100 Å². The van der Waals surface area contributed by atoms with Crippen LogP contribution in [0, 0.1) is 0 Å². The van der Waals surface area contributed by atoms with Crippen LogP contribution in [-0.4, -0.2) is 40.2 Å². The Balaban J connectivity index is 2.38. The van der Waals surface area contributed by atoms with Crippen molar-refractivity contribution >= 4 is 17.4 Å². The summed E-state index contributed by atoms with van der Waals surface area (Å²) in [4.78, 5) is 4.24. The van der Waals surface area contributed by atoms with Crippen LogP contribution in [0.15, 0.2) is 18.3 Å². The number of rotatable bonds is 7. The fraction of sp³-hybridized carbons (Fsp3) is 0.545. The van der Waals surface area contributed by atoms with Gasteiger partial charge in [0, 0.05) is 29.9 Å². The summed E-state index contributed by atoms with van der Waals surface area (Å²) in [5, 5.41) is 21.0. The van der Waals surface area contributed by atoms with Crippen LogP contribution in [0.1, 0.15) is 12.6 Å². The number of aliphatic hydroxyl groups excluding tert-OH is 2. The molecule has 1 rings (SSSR count). The van der Waals surface area contributed by atoms with Gasteiger partial charge in [-0.1, -0.05) is 0 Å². The lowest BCUT2D eigenvalue weighted by Crippen LogP contribution is -2.14. The average molecular weight is 242 g/mol. The highest BCUT2D eigenvalue weighted by Gasteiger charge is 2.03. The summed E-state index contributed by atoms with van der Waals surface area (Å²) in [6.07, 6.45) is 1.14. The Hall–Kier alpha value is -0.780. The summed E-state index contributed by atoms with van der Waals surface area (Å²) in [6, 6.07) is 3.93. The number of aliphatic hydroxyl groups is 2. The van der Waals surface area contributed by atoms with Crippen LogP contribution in [0.25, 0.3) is 0 Å². The number of nitrogens with one attached hydrogen (secondary N) is 1. The second kappa shape index (κ2) is 7.49. The highest BCUT2D eigenvalue weighted by Crippen LogP contribution is 2.14. The molecule has 0 amide bonds. The molecule has 0 aliphatic heterocycles. The molecule has 1 unspecified atom stereocenters. The van der Waals surface area contributed by atoms with Crippen molar-refractivity contribution in [3.8, 4) is 0 Å². The Kier molecular flexibility index (Phi) is 6.22. The van der Waals surface area contributed by atoms with Crippen molar-refractivity contribution in [2.75, 3.05) is 24.2 Å². The van der Waals surface area contributed by atoms with E-state index >= 15 is 0 Å². The average Bonchev–Trinajstić information content (AvgIpc) is 2.30. The molecule has 3 N–H and O–H groups in total. The zero-order chi connectivity index (χ0) is 11.8. The van der Waals surface area contributed by atoms with Gasteiger partial charge in [0.15, 0.2) is 0 Å². The molecule has 0 saturated heterocycles. The van der Waals surface area contributed by atoms with E-state index in [1.165, 1.54) is 0 Å². The van der Waals surface area contributed by atoms with E-state index in [4.69, 9.17) is 5.11 Å². The van der Waals surface area contributed by atoms with Gasteiger partial charge in [-0.3, -0.25) is 4.98 Å². The third kappa shape index (κ3) is 4.83. The number of hydrogen-bond donors (Lipinski definition) is 3. The van der Waals surface area contributed by atoms with E-state index in [0.29, 0.717) is 5.75 Å². The Morgan fingerprint density at radius 3 is 3.06 bits per heavy atom. The lowest BCUT2D eigenvalue weighted by Gasteiger charge is -2.07. The molecule has 0 bridgehead atoms. The minimum atomic E-state index is -0.637.